The minimum Gasteiger partial charge on any atom is -0.329 e. The fraction of sp³-hybridized carbons (Fsp3) is 0.467. The third-order valence-electron chi connectivity index (χ3n) is 4.08. The van der Waals surface area contributed by atoms with E-state index in [1.165, 1.54) is 11.1 Å². The van der Waals surface area contributed by atoms with Gasteiger partial charge in [0.2, 0.25) is 0 Å². The van der Waals surface area contributed by atoms with Crippen molar-refractivity contribution in [3.63, 3.8) is 0 Å². The first-order valence-electron chi connectivity index (χ1n) is 7.19. The summed E-state index contributed by atoms with van der Waals surface area (Å²) in [7, 11) is 0. The van der Waals surface area contributed by atoms with Crippen LogP contribution in [0.5, 0.6) is 0 Å². The lowest BCUT2D eigenvalue weighted by molar-refractivity contribution is 0.160. The van der Waals surface area contributed by atoms with Crippen LogP contribution < -0.4 is 5.73 Å². The van der Waals surface area contributed by atoms with Crippen molar-refractivity contribution in [2.75, 3.05) is 6.54 Å². The molecule has 0 radical (unpaired) electrons. The van der Waals surface area contributed by atoms with Crippen molar-refractivity contribution < 1.29 is 0 Å². The van der Waals surface area contributed by atoms with Crippen LogP contribution in [-0.4, -0.2) is 32.3 Å². The predicted molar refractivity (Wildman–Crippen MR) is 77.9 cm³/mol. The summed E-state index contributed by atoms with van der Waals surface area (Å²) in [4.78, 5) is 6.79. The first kappa shape index (κ1) is 13.3. The van der Waals surface area contributed by atoms with Gasteiger partial charge in [-0.25, -0.2) is 9.67 Å². The third kappa shape index (κ3) is 2.46. The first-order valence-corrected chi connectivity index (χ1v) is 7.19. The molecule has 3 rings (SSSR count). The summed E-state index contributed by atoms with van der Waals surface area (Å²) in [6, 6.07) is 9.01. The van der Waals surface area contributed by atoms with Crippen molar-refractivity contribution in [3.8, 4) is 0 Å². The molecule has 1 aromatic heterocycles. The van der Waals surface area contributed by atoms with Crippen molar-refractivity contribution in [2.24, 2.45) is 5.73 Å². The molecule has 2 heterocycles. The zero-order valence-corrected chi connectivity index (χ0v) is 11.9. The second-order valence-electron chi connectivity index (χ2n) is 5.26. The number of nitrogens with zero attached hydrogens (tertiary/aromatic N) is 4. The molecule has 1 atom stereocenters. The molecule has 2 aromatic rings. The molecule has 20 heavy (non-hydrogen) atoms. The van der Waals surface area contributed by atoms with E-state index in [1.54, 1.807) is 6.33 Å². The normalized spacial score (nSPS) is 19.0. The van der Waals surface area contributed by atoms with Gasteiger partial charge in [0, 0.05) is 25.7 Å². The van der Waals surface area contributed by atoms with Crippen molar-refractivity contribution in [3.05, 3.63) is 47.5 Å². The van der Waals surface area contributed by atoms with Crippen molar-refractivity contribution in [2.45, 2.75) is 39.0 Å². The van der Waals surface area contributed by atoms with Crippen molar-refractivity contribution >= 4 is 0 Å². The number of benzene rings is 1. The highest BCUT2D eigenvalue weighted by Crippen LogP contribution is 2.24. The van der Waals surface area contributed by atoms with Crippen LogP contribution in [0.25, 0.3) is 0 Å². The largest absolute Gasteiger partial charge is 0.329 e. The SMILES string of the molecule is CCn1ncnc1CN1Cc2ccccc2CC1CN. The molecule has 0 bridgehead atoms. The molecule has 0 spiro atoms. The molecule has 1 aliphatic rings. The van der Waals surface area contributed by atoms with E-state index < -0.39 is 0 Å². The fourth-order valence-corrected chi connectivity index (χ4v) is 2.92. The molecular weight excluding hydrogens is 250 g/mol. The summed E-state index contributed by atoms with van der Waals surface area (Å²) in [5.74, 6) is 1.02. The average Bonchev–Trinajstić information content (AvgIpc) is 2.93. The van der Waals surface area contributed by atoms with Gasteiger partial charge in [0.25, 0.3) is 0 Å². The molecule has 2 N–H and O–H groups in total. The lowest BCUT2D eigenvalue weighted by Gasteiger charge is -2.36. The number of aromatic nitrogens is 3. The average molecular weight is 271 g/mol. The van der Waals surface area contributed by atoms with E-state index in [4.69, 9.17) is 5.73 Å². The van der Waals surface area contributed by atoms with Crippen LogP contribution in [-0.2, 0) is 26.1 Å². The Morgan fingerprint density at radius 2 is 2.10 bits per heavy atom. The van der Waals surface area contributed by atoms with E-state index in [0.29, 0.717) is 12.6 Å². The Balaban J connectivity index is 1.82. The van der Waals surface area contributed by atoms with Gasteiger partial charge in [-0.05, 0) is 24.5 Å². The summed E-state index contributed by atoms with van der Waals surface area (Å²) >= 11 is 0. The number of rotatable bonds is 4. The molecule has 5 nitrogen and oxygen atoms in total. The Morgan fingerprint density at radius 1 is 1.30 bits per heavy atom. The summed E-state index contributed by atoms with van der Waals surface area (Å²) in [5, 5.41) is 4.24. The molecule has 0 amide bonds. The van der Waals surface area contributed by atoms with Gasteiger partial charge in [0.05, 0.1) is 6.54 Å². The van der Waals surface area contributed by atoms with Crippen LogP contribution in [0.1, 0.15) is 23.9 Å². The molecule has 0 saturated heterocycles. The number of nitrogens with two attached hydrogens (primary N) is 1. The highest BCUT2D eigenvalue weighted by Gasteiger charge is 2.25. The standard InChI is InChI=1S/C15H21N5/c1-2-20-15(17-11-18-20)10-19-9-13-6-4-3-5-12(13)7-14(19)8-16/h3-6,11,14H,2,7-10,16H2,1H3. The lowest BCUT2D eigenvalue weighted by Crippen LogP contribution is -2.44. The van der Waals surface area contributed by atoms with Crippen LogP contribution in [0.4, 0.5) is 0 Å². The second kappa shape index (κ2) is 5.73. The van der Waals surface area contributed by atoms with Gasteiger partial charge in [-0.15, -0.1) is 0 Å². The zero-order chi connectivity index (χ0) is 13.9. The van der Waals surface area contributed by atoms with Gasteiger partial charge in [-0.3, -0.25) is 4.90 Å². The van der Waals surface area contributed by atoms with Crippen molar-refractivity contribution in [1.82, 2.24) is 19.7 Å². The maximum absolute atomic E-state index is 5.97. The molecule has 0 saturated carbocycles. The monoisotopic (exact) mass is 271 g/mol. The van der Waals surface area contributed by atoms with Crippen LogP contribution in [0.3, 0.4) is 0 Å². The molecule has 1 aliphatic heterocycles. The van der Waals surface area contributed by atoms with Gasteiger partial charge in [0.15, 0.2) is 0 Å². The fourth-order valence-electron chi connectivity index (χ4n) is 2.92. The van der Waals surface area contributed by atoms with E-state index in [9.17, 15) is 0 Å². The lowest BCUT2D eigenvalue weighted by atomic mass is 9.94. The highest BCUT2D eigenvalue weighted by atomic mass is 15.3. The number of fused-ring (bicyclic) bond motifs is 1. The van der Waals surface area contributed by atoms with Crippen LogP contribution in [0, 0.1) is 0 Å². The molecule has 1 aromatic carbocycles. The first-order chi connectivity index (χ1) is 9.81. The molecule has 106 valence electrons. The minimum absolute atomic E-state index is 0.381. The summed E-state index contributed by atoms with van der Waals surface area (Å²) < 4.78 is 1.95. The smallest absolute Gasteiger partial charge is 0.141 e. The quantitative estimate of drug-likeness (QED) is 0.907. The Hall–Kier alpha value is -1.72. The summed E-state index contributed by atoms with van der Waals surface area (Å²) in [6.07, 6.45) is 2.65. The summed E-state index contributed by atoms with van der Waals surface area (Å²) in [5.41, 5.74) is 8.80. The predicted octanol–water partition coefficient (Wildman–Crippen LogP) is 1.18. The highest BCUT2D eigenvalue weighted by molar-refractivity contribution is 5.30. The van der Waals surface area contributed by atoms with Crippen LogP contribution >= 0.6 is 0 Å². The number of aryl methyl sites for hydroxylation is 1. The van der Waals surface area contributed by atoms with Crippen LogP contribution in [0.15, 0.2) is 30.6 Å². The maximum Gasteiger partial charge on any atom is 0.141 e. The van der Waals surface area contributed by atoms with E-state index in [2.05, 4.69) is 46.2 Å². The van der Waals surface area contributed by atoms with Gasteiger partial charge in [-0.1, -0.05) is 24.3 Å². The van der Waals surface area contributed by atoms with Crippen LogP contribution in [0.2, 0.25) is 0 Å². The number of hydrogen-bond acceptors (Lipinski definition) is 4. The Bertz CT molecular complexity index is 577. The minimum atomic E-state index is 0.381. The van der Waals surface area contributed by atoms with E-state index in [-0.39, 0.29) is 0 Å². The molecule has 1 unspecified atom stereocenters. The maximum atomic E-state index is 5.97. The molecule has 0 aliphatic carbocycles. The van der Waals surface area contributed by atoms with E-state index >= 15 is 0 Å². The van der Waals surface area contributed by atoms with Gasteiger partial charge in [-0.2, -0.15) is 5.10 Å². The van der Waals surface area contributed by atoms with Gasteiger partial charge >= 0.3 is 0 Å². The molecule has 0 fully saturated rings. The second-order valence-corrected chi connectivity index (χ2v) is 5.26. The van der Waals surface area contributed by atoms with E-state index in [1.807, 2.05) is 4.68 Å². The summed E-state index contributed by atoms with van der Waals surface area (Å²) in [6.45, 7) is 5.37. The Morgan fingerprint density at radius 3 is 2.85 bits per heavy atom. The zero-order valence-electron chi connectivity index (χ0n) is 11.9. The Kier molecular flexibility index (Phi) is 3.80. The van der Waals surface area contributed by atoms with Gasteiger partial charge < -0.3 is 5.73 Å². The van der Waals surface area contributed by atoms with Gasteiger partial charge in [0.1, 0.15) is 12.2 Å². The Labute approximate surface area is 119 Å². The number of hydrogen-bond donors (Lipinski definition) is 1. The van der Waals surface area contributed by atoms with Crippen molar-refractivity contribution in [1.29, 1.82) is 0 Å². The van der Waals surface area contributed by atoms with E-state index in [0.717, 1.165) is 31.9 Å². The topological polar surface area (TPSA) is 60.0 Å². The third-order valence-corrected chi connectivity index (χ3v) is 4.08. The molecule has 5 heteroatoms. The molecular formula is C15H21N5.